The van der Waals surface area contributed by atoms with E-state index in [0.717, 1.165) is 12.0 Å². The van der Waals surface area contributed by atoms with Crippen molar-refractivity contribution in [1.29, 1.82) is 0 Å². The average molecular weight is 360 g/mol. The molecule has 2 rings (SSSR count). The van der Waals surface area contributed by atoms with Gasteiger partial charge in [-0.1, -0.05) is 38.1 Å². The van der Waals surface area contributed by atoms with Crippen LogP contribution in [0.3, 0.4) is 0 Å². The summed E-state index contributed by atoms with van der Waals surface area (Å²) < 4.78 is 0. The number of carbonyl (C=O) groups is 2. The first-order chi connectivity index (χ1) is 12.2. The molecule has 1 saturated heterocycles. The molecular formula is C21H33N3O2. The van der Waals surface area contributed by atoms with Gasteiger partial charge in [0.15, 0.2) is 0 Å². The number of nitrogens with zero attached hydrogens (tertiary/aromatic N) is 2. The predicted octanol–water partition coefficient (Wildman–Crippen LogP) is 3.39. The van der Waals surface area contributed by atoms with Crippen LogP contribution in [0.15, 0.2) is 24.3 Å². The van der Waals surface area contributed by atoms with E-state index in [2.05, 4.69) is 31.3 Å². The molecule has 0 aromatic heterocycles. The Bertz CT molecular complexity index is 617. The highest BCUT2D eigenvalue weighted by Gasteiger charge is 2.24. The van der Waals surface area contributed by atoms with Crippen molar-refractivity contribution in [2.75, 3.05) is 26.2 Å². The van der Waals surface area contributed by atoms with Gasteiger partial charge in [-0.05, 0) is 44.2 Å². The van der Waals surface area contributed by atoms with E-state index in [4.69, 9.17) is 0 Å². The van der Waals surface area contributed by atoms with E-state index in [9.17, 15) is 9.59 Å². The van der Waals surface area contributed by atoms with E-state index >= 15 is 0 Å². The molecule has 1 aliphatic heterocycles. The minimum absolute atomic E-state index is 0.0453. The third-order valence-electron chi connectivity index (χ3n) is 4.62. The van der Waals surface area contributed by atoms with Crippen LogP contribution in [0.5, 0.6) is 0 Å². The van der Waals surface area contributed by atoms with Gasteiger partial charge >= 0.3 is 6.03 Å². The van der Waals surface area contributed by atoms with Crippen LogP contribution in [0.2, 0.25) is 0 Å². The SMILES string of the molecule is CC(C)c1ccc(CC(=O)N2CCCN(C(=O)NC(C)(C)C)CC2)cc1. The first-order valence-electron chi connectivity index (χ1n) is 9.59. The topological polar surface area (TPSA) is 52.7 Å². The molecule has 0 unspecified atom stereocenters. The van der Waals surface area contributed by atoms with Gasteiger partial charge in [-0.3, -0.25) is 4.79 Å². The molecule has 0 atom stereocenters. The summed E-state index contributed by atoms with van der Waals surface area (Å²) in [5, 5.41) is 3.00. The molecule has 1 N–H and O–H groups in total. The van der Waals surface area contributed by atoms with Crippen molar-refractivity contribution in [3.05, 3.63) is 35.4 Å². The number of nitrogens with one attached hydrogen (secondary N) is 1. The molecule has 0 radical (unpaired) electrons. The second-order valence-electron chi connectivity index (χ2n) is 8.47. The molecule has 0 aliphatic carbocycles. The fraction of sp³-hybridized carbons (Fsp3) is 0.619. The molecule has 1 aromatic carbocycles. The predicted molar refractivity (Wildman–Crippen MR) is 105 cm³/mol. The average Bonchev–Trinajstić information content (AvgIpc) is 2.80. The number of hydrogen-bond acceptors (Lipinski definition) is 2. The van der Waals surface area contributed by atoms with Crippen LogP contribution in [0.4, 0.5) is 4.79 Å². The molecular weight excluding hydrogens is 326 g/mol. The van der Waals surface area contributed by atoms with Crippen molar-refractivity contribution in [2.24, 2.45) is 0 Å². The number of urea groups is 1. The van der Waals surface area contributed by atoms with E-state index < -0.39 is 0 Å². The molecule has 26 heavy (non-hydrogen) atoms. The Balaban J connectivity index is 1.89. The number of amides is 3. The quantitative estimate of drug-likeness (QED) is 0.899. The van der Waals surface area contributed by atoms with Gasteiger partial charge in [0, 0.05) is 31.7 Å². The van der Waals surface area contributed by atoms with E-state index in [0.29, 0.717) is 38.5 Å². The molecule has 144 valence electrons. The van der Waals surface area contributed by atoms with E-state index in [1.807, 2.05) is 42.7 Å². The fourth-order valence-corrected chi connectivity index (χ4v) is 3.08. The Kier molecular flexibility index (Phi) is 6.68. The monoisotopic (exact) mass is 359 g/mol. The minimum Gasteiger partial charge on any atom is -0.341 e. The van der Waals surface area contributed by atoms with Gasteiger partial charge in [0.25, 0.3) is 0 Å². The maximum atomic E-state index is 12.7. The van der Waals surface area contributed by atoms with Crippen LogP contribution in [-0.4, -0.2) is 53.5 Å². The van der Waals surface area contributed by atoms with Crippen LogP contribution in [0.25, 0.3) is 0 Å². The molecule has 1 heterocycles. The van der Waals surface area contributed by atoms with E-state index in [1.165, 1.54) is 5.56 Å². The number of hydrogen-bond donors (Lipinski definition) is 1. The Morgan fingerprint density at radius 1 is 1.00 bits per heavy atom. The lowest BCUT2D eigenvalue weighted by Crippen LogP contribution is -2.49. The zero-order valence-corrected chi connectivity index (χ0v) is 16.8. The van der Waals surface area contributed by atoms with Crippen LogP contribution in [0, 0.1) is 0 Å². The second-order valence-corrected chi connectivity index (χ2v) is 8.47. The Morgan fingerprint density at radius 3 is 2.15 bits per heavy atom. The zero-order chi connectivity index (χ0) is 19.3. The summed E-state index contributed by atoms with van der Waals surface area (Å²) in [5.41, 5.74) is 2.09. The molecule has 5 nitrogen and oxygen atoms in total. The highest BCUT2D eigenvalue weighted by atomic mass is 16.2. The molecule has 1 aromatic rings. The molecule has 5 heteroatoms. The normalized spacial score (nSPS) is 15.8. The van der Waals surface area contributed by atoms with Crippen LogP contribution in [-0.2, 0) is 11.2 Å². The van der Waals surface area contributed by atoms with Crippen molar-refractivity contribution < 1.29 is 9.59 Å². The second kappa shape index (κ2) is 8.56. The third kappa shape index (κ3) is 6.04. The highest BCUT2D eigenvalue weighted by molar-refractivity contribution is 5.79. The summed E-state index contributed by atoms with van der Waals surface area (Å²) >= 11 is 0. The highest BCUT2D eigenvalue weighted by Crippen LogP contribution is 2.16. The minimum atomic E-state index is -0.249. The van der Waals surface area contributed by atoms with Gasteiger partial charge in [-0.25, -0.2) is 4.79 Å². The van der Waals surface area contributed by atoms with E-state index in [-0.39, 0.29) is 17.5 Å². The van der Waals surface area contributed by atoms with Crippen LogP contribution < -0.4 is 5.32 Å². The van der Waals surface area contributed by atoms with E-state index in [1.54, 1.807) is 0 Å². The summed E-state index contributed by atoms with van der Waals surface area (Å²) in [6.45, 7) is 12.8. The lowest BCUT2D eigenvalue weighted by molar-refractivity contribution is -0.130. The Morgan fingerprint density at radius 2 is 1.58 bits per heavy atom. The van der Waals surface area contributed by atoms with Crippen molar-refractivity contribution >= 4 is 11.9 Å². The molecule has 1 aliphatic rings. The molecule has 0 bridgehead atoms. The lowest BCUT2D eigenvalue weighted by Gasteiger charge is -2.27. The van der Waals surface area contributed by atoms with Gasteiger partial charge in [0.05, 0.1) is 6.42 Å². The first-order valence-corrected chi connectivity index (χ1v) is 9.59. The van der Waals surface area contributed by atoms with Crippen molar-refractivity contribution in [1.82, 2.24) is 15.1 Å². The molecule has 3 amide bonds. The van der Waals surface area contributed by atoms with Gasteiger partial charge in [0.1, 0.15) is 0 Å². The summed E-state index contributed by atoms with van der Waals surface area (Å²) in [6, 6.07) is 8.27. The number of carbonyl (C=O) groups excluding carboxylic acids is 2. The standard InChI is InChI=1S/C21H33N3O2/c1-16(2)18-9-7-17(8-10-18)15-19(25)23-11-6-12-24(14-13-23)20(26)22-21(3,4)5/h7-10,16H,6,11-15H2,1-5H3,(H,22,26). The summed E-state index contributed by atoms with van der Waals surface area (Å²) in [5.74, 6) is 0.635. The smallest absolute Gasteiger partial charge is 0.317 e. The molecule has 0 saturated carbocycles. The number of benzene rings is 1. The lowest BCUT2D eigenvalue weighted by atomic mass is 10.0. The van der Waals surface area contributed by atoms with Gasteiger partial charge in [0.2, 0.25) is 5.91 Å². The number of rotatable bonds is 3. The maximum Gasteiger partial charge on any atom is 0.317 e. The molecule has 0 spiro atoms. The third-order valence-corrected chi connectivity index (χ3v) is 4.62. The van der Waals surface area contributed by atoms with Crippen molar-refractivity contribution in [2.45, 2.75) is 58.9 Å². The Hall–Kier alpha value is -2.04. The van der Waals surface area contributed by atoms with Crippen molar-refractivity contribution in [3.63, 3.8) is 0 Å². The van der Waals surface area contributed by atoms with Gasteiger partial charge < -0.3 is 15.1 Å². The summed E-state index contributed by atoms with van der Waals surface area (Å²) in [4.78, 5) is 28.7. The van der Waals surface area contributed by atoms with Gasteiger partial charge in [-0.15, -0.1) is 0 Å². The summed E-state index contributed by atoms with van der Waals surface area (Å²) in [6.07, 6.45) is 1.24. The van der Waals surface area contributed by atoms with Crippen LogP contribution >= 0.6 is 0 Å². The largest absolute Gasteiger partial charge is 0.341 e. The molecule has 1 fully saturated rings. The van der Waals surface area contributed by atoms with Crippen molar-refractivity contribution in [3.8, 4) is 0 Å². The van der Waals surface area contributed by atoms with Crippen LogP contribution in [0.1, 0.15) is 58.1 Å². The fourth-order valence-electron chi connectivity index (χ4n) is 3.08. The summed E-state index contributed by atoms with van der Waals surface area (Å²) in [7, 11) is 0. The zero-order valence-electron chi connectivity index (χ0n) is 16.8. The Labute approximate surface area is 157 Å². The van der Waals surface area contributed by atoms with Gasteiger partial charge in [-0.2, -0.15) is 0 Å². The first kappa shape index (κ1) is 20.3. The maximum absolute atomic E-state index is 12.7.